The van der Waals surface area contributed by atoms with Gasteiger partial charge in [0.2, 0.25) is 0 Å². The first-order chi connectivity index (χ1) is 4.00. The van der Waals surface area contributed by atoms with Crippen LogP contribution in [0.15, 0.2) is 0 Å². The lowest BCUT2D eigenvalue weighted by Crippen LogP contribution is -2.51. The minimum atomic E-state index is -1.22. The van der Waals surface area contributed by atoms with E-state index in [0.29, 0.717) is 0 Å². The maximum atomic E-state index is 10.2. The summed E-state index contributed by atoms with van der Waals surface area (Å²) in [7, 11) is 0. The van der Waals surface area contributed by atoms with Crippen LogP contribution in [0.2, 0.25) is 0 Å². The summed E-state index contributed by atoms with van der Waals surface area (Å²) in [6.45, 7) is 1.56. The molecule has 0 spiro atoms. The highest BCUT2D eigenvalue weighted by Gasteiger charge is 2.26. The summed E-state index contributed by atoms with van der Waals surface area (Å²) in [6.07, 6.45) is 0. The molecule has 0 radical (unpaired) electrons. The molecule has 9 heavy (non-hydrogen) atoms. The van der Waals surface area contributed by atoms with Gasteiger partial charge in [0, 0.05) is 6.54 Å². The summed E-state index contributed by atoms with van der Waals surface area (Å²) in [4.78, 5) is 10.2. The number of carbonyl (C=O) groups is 1. The van der Waals surface area contributed by atoms with E-state index in [1.165, 1.54) is 6.92 Å². The Balaban J connectivity index is 3.85. The summed E-state index contributed by atoms with van der Waals surface area (Å²) in [5, 5.41) is 8.37. The third kappa shape index (κ3) is 2.69. The van der Waals surface area contributed by atoms with Crippen LogP contribution < -0.4 is 10.5 Å². The highest BCUT2D eigenvalue weighted by Crippen LogP contribution is 1.95. The van der Waals surface area contributed by atoms with Crippen LogP contribution in [0.4, 0.5) is 0 Å². The molecule has 4 N–H and O–H groups in total. The molecule has 0 aliphatic heterocycles. The van der Waals surface area contributed by atoms with Crippen molar-refractivity contribution in [2.45, 2.75) is 12.5 Å². The molecule has 1 unspecified atom stereocenters. The largest absolute Gasteiger partial charge is 0.480 e. The number of thiol groups is 1. The van der Waals surface area contributed by atoms with E-state index >= 15 is 0 Å². The molecular formula is C4H10N2O2S. The maximum Gasteiger partial charge on any atom is 0.324 e. The van der Waals surface area contributed by atoms with Crippen LogP contribution >= 0.6 is 12.8 Å². The minimum absolute atomic E-state index is 0.144. The number of nitrogens with one attached hydrogen (secondary N) is 1. The van der Waals surface area contributed by atoms with Gasteiger partial charge in [-0.2, -0.15) is 0 Å². The molecule has 0 aromatic heterocycles. The van der Waals surface area contributed by atoms with Crippen LogP contribution in [-0.4, -0.2) is 23.2 Å². The van der Waals surface area contributed by atoms with Gasteiger partial charge in [0.15, 0.2) is 0 Å². The molecular weight excluding hydrogens is 140 g/mol. The van der Waals surface area contributed by atoms with Crippen molar-refractivity contribution in [2.75, 3.05) is 6.54 Å². The van der Waals surface area contributed by atoms with Gasteiger partial charge in [-0.3, -0.25) is 9.52 Å². The zero-order valence-corrected chi connectivity index (χ0v) is 5.98. The quantitative estimate of drug-likeness (QED) is 0.398. The van der Waals surface area contributed by atoms with E-state index in [2.05, 4.69) is 17.5 Å². The van der Waals surface area contributed by atoms with E-state index < -0.39 is 11.5 Å². The van der Waals surface area contributed by atoms with Gasteiger partial charge in [-0.15, -0.1) is 0 Å². The number of carboxylic acid groups (broad SMARTS) is 1. The second-order valence-corrected chi connectivity index (χ2v) is 2.37. The molecule has 54 valence electrons. The van der Waals surface area contributed by atoms with E-state index in [4.69, 9.17) is 10.8 Å². The van der Waals surface area contributed by atoms with Crippen molar-refractivity contribution in [3.8, 4) is 0 Å². The first-order valence-corrected chi connectivity index (χ1v) is 2.84. The van der Waals surface area contributed by atoms with Crippen molar-refractivity contribution in [1.29, 1.82) is 0 Å². The Hall–Kier alpha value is -0.260. The number of rotatable bonds is 3. The SMILES string of the molecule is CC(N)(CNS)C(=O)O. The number of hydrogen-bond donors (Lipinski definition) is 4. The standard InChI is InChI=1S/C4H10N2O2S/c1-4(5,2-6-9)3(7)8/h6,9H,2,5H2,1H3,(H,7,8). The molecule has 1 atom stereocenters. The van der Waals surface area contributed by atoms with E-state index in [9.17, 15) is 4.79 Å². The van der Waals surface area contributed by atoms with Gasteiger partial charge in [0.25, 0.3) is 0 Å². The molecule has 0 fully saturated rings. The van der Waals surface area contributed by atoms with Crippen molar-refractivity contribution >= 4 is 18.8 Å². The smallest absolute Gasteiger partial charge is 0.324 e. The molecule has 0 amide bonds. The fourth-order valence-corrected chi connectivity index (χ4v) is 0.568. The highest BCUT2D eigenvalue weighted by molar-refractivity contribution is 7.78. The lowest BCUT2D eigenvalue weighted by Gasteiger charge is -2.16. The second-order valence-electron chi connectivity index (χ2n) is 2.06. The number of nitrogens with two attached hydrogens (primary N) is 1. The Bertz CT molecular complexity index is 115. The zero-order chi connectivity index (χ0) is 7.49. The lowest BCUT2D eigenvalue weighted by atomic mass is 10.1. The van der Waals surface area contributed by atoms with Crippen LogP contribution in [0.1, 0.15) is 6.92 Å². The van der Waals surface area contributed by atoms with Gasteiger partial charge in [0.1, 0.15) is 5.54 Å². The van der Waals surface area contributed by atoms with Crippen LogP contribution in [0, 0.1) is 0 Å². The van der Waals surface area contributed by atoms with Crippen molar-refractivity contribution in [3.63, 3.8) is 0 Å². The number of carboxylic acids is 1. The van der Waals surface area contributed by atoms with E-state index in [1.807, 2.05) is 0 Å². The van der Waals surface area contributed by atoms with Crippen LogP contribution in [0.25, 0.3) is 0 Å². The molecule has 0 heterocycles. The normalized spacial score (nSPS) is 16.8. The molecule has 0 rings (SSSR count). The van der Waals surface area contributed by atoms with Gasteiger partial charge in [-0.05, 0) is 6.92 Å². The fraction of sp³-hybridized carbons (Fsp3) is 0.750. The minimum Gasteiger partial charge on any atom is -0.480 e. The summed E-state index contributed by atoms with van der Waals surface area (Å²) in [5.41, 5.74) is 4.04. The van der Waals surface area contributed by atoms with Crippen molar-refractivity contribution in [2.24, 2.45) is 5.73 Å². The van der Waals surface area contributed by atoms with Crippen LogP contribution in [0.5, 0.6) is 0 Å². The Morgan fingerprint density at radius 1 is 2.00 bits per heavy atom. The average molecular weight is 150 g/mol. The van der Waals surface area contributed by atoms with Crippen molar-refractivity contribution < 1.29 is 9.90 Å². The third-order valence-electron chi connectivity index (χ3n) is 0.935. The van der Waals surface area contributed by atoms with Gasteiger partial charge >= 0.3 is 5.97 Å². The van der Waals surface area contributed by atoms with Gasteiger partial charge in [0.05, 0.1) is 0 Å². The molecule has 0 aliphatic rings. The van der Waals surface area contributed by atoms with E-state index in [-0.39, 0.29) is 6.54 Å². The predicted molar refractivity (Wildman–Crippen MR) is 37.2 cm³/mol. The Morgan fingerprint density at radius 3 is 2.56 bits per heavy atom. The fourth-order valence-electron chi connectivity index (χ4n) is 0.240. The number of aliphatic carboxylic acids is 1. The molecule has 0 saturated carbocycles. The molecule has 0 aliphatic carbocycles. The Labute approximate surface area is 59.0 Å². The molecule has 0 saturated heterocycles. The van der Waals surface area contributed by atoms with Crippen LogP contribution in [0.3, 0.4) is 0 Å². The maximum absolute atomic E-state index is 10.2. The Kier molecular flexibility index (Phi) is 2.96. The van der Waals surface area contributed by atoms with Crippen molar-refractivity contribution in [1.82, 2.24) is 4.72 Å². The number of hydrogen-bond acceptors (Lipinski definition) is 4. The summed E-state index contributed by atoms with van der Waals surface area (Å²) >= 11 is 3.62. The van der Waals surface area contributed by atoms with E-state index in [1.54, 1.807) is 0 Å². The first kappa shape index (κ1) is 8.74. The van der Waals surface area contributed by atoms with Crippen LogP contribution in [-0.2, 0) is 4.79 Å². The second kappa shape index (κ2) is 3.05. The monoisotopic (exact) mass is 150 g/mol. The summed E-state index contributed by atoms with van der Waals surface area (Å²) < 4.78 is 2.38. The average Bonchev–Trinajstić information content (AvgIpc) is 1.65. The first-order valence-electron chi connectivity index (χ1n) is 2.40. The van der Waals surface area contributed by atoms with Gasteiger partial charge in [-0.25, -0.2) is 0 Å². The predicted octanol–water partition coefficient (Wildman–Crippen LogP) is -0.777. The summed E-state index contributed by atoms with van der Waals surface area (Å²) in [6, 6.07) is 0. The summed E-state index contributed by atoms with van der Waals surface area (Å²) in [5.74, 6) is -1.04. The molecule has 0 bridgehead atoms. The third-order valence-corrected chi connectivity index (χ3v) is 1.09. The molecule has 0 aromatic rings. The molecule has 0 aromatic carbocycles. The molecule has 4 nitrogen and oxygen atoms in total. The van der Waals surface area contributed by atoms with Crippen molar-refractivity contribution in [3.05, 3.63) is 0 Å². The zero-order valence-electron chi connectivity index (χ0n) is 5.09. The molecule has 5 heteroatoms. The highest BCUT2D eigenvalue weighted by atomic mass is 32.1. The van der Waals surface area contributed by atoms with Gasteiger partial charge in [-0.1, -0.05) is 12.8 Å². The topological polar surface area (TPSA) is 75.3 Å². The van der Waals surface area contributed by atoms with Gasteiger partial charge < -0.3 is 10.8 Å². The Morgan fingerprint density at radius 2 is 2.44 bits per heavy atom. The lowest BCUT2D eigenvalue weighted by molar-refractivity contribution is -0.142. The van der Waals surface area contributed by atoms with E-state index in [0.717, 1.165) is 0 Å².